The molecule has 0 bridgehead atoms. The number of carboxylic acids is 1. The largest absolute Gasteiger partial charge is 0.480 e. The predicted octanol–water partition coefficient (Wildman–Crippen LogP) is 2.09. The first-order valence-corrected chi connectivity index (χ1v) is 10.7. The lowest BCUT2D eigenvalue weighted by Gasteiger charge is -2.38. The number of sulfonamides is 1. The quantitative estimate of drug-likeness (QED) is 0.796. The van der Waals surface area contributed by atoms with Crippen molar-refractivity contribution in [3.63, 3.8) is 0 Å². The van der Waals surface area contributed by atoms with Crippen molar-refractivity contribution in [2.45, 2.75) is 50.0 Å². The van der Waals surface area contributed by atoms with E-state index < -0.39 is 27.4 Å². The monoisotopic (exact) mass is 394 g/mol. The Bertz CT molecular complexity index is 820. The molecule has 2 fully saturated rings. The third-order valence-electron chi connectivity index (χ3n) is 5.56. The van der Waals surface area contributed by atoms with Gasteiger partial charge in [-0.1, -0.05) is 13.8 Å². The molecular formula is C19H26N2O5S. The van der Waals surface area contributed by atoms with Crippen LogP contribution in [0.15, 0.2) is 29.2 Å². The van der Waals surface area contributed by atoms with Crippen molar-refractivity contribution in [3.05, 3.63) is 29.8 Å². The van der Waals surface area contributed by atoms with Crippen LogP contribution in [0.25, 0.3) is 0 Å². The molecule has 1 heterocycles. The van der Waals surface area contributed by atoms with Crippen LogP contribution in [0.1, 0.15) is 49.9 Å². The molecule has 0 radical (unpaired) electrons. The van der Waals surface area contributed by atoms with E-state index in [1.807, 2.05) is 13.8 Å². The number of carboxylic acid groups (broad SMARTS) is 1. The van der Waals surface area contributed by atoms with E-state index in [4.69, 9.17) is 0 Å². The Hall–Kier alpha value is -1.93. The van der Waals surface area contributed by atoms with E-state index in [9.17, 15) is 23.1 Å². The molecule has 27 heavy (non-hydrogen) atoms. The molecule has 148 valence electrons. The van der Waals surface area contributed by atoms with Crippen molar-refractivity contribution >= 4 is 21.9 Å². The lowest BCUT2D eigenvalue weighted by atomic mass is 9.76. The van der Waals surface area contributed by atoms with E-state index in [-0.39, 0.29) is 10.5 Å². The zero-order valence-corrected chi connectivity index (χ0v) is 16.5. The van der Waals surface area contributed by atoms with E-state index in [1.165, 1.54) is 28.6 Å². The minimum atomic E-state index is -3.60. The molecule has 7 nitrogen and oxygen atoms in total. The molecule has 2 unspecified atom stereocenters. The van der Waals surface area contributed by atoms with Gasteiger partial charge < -0.3 is 10.4 Å². The summed E-state index contributed by atoms with van der Waals surface area (Å²) in [5.41, 5.74) is -0.941. The molecule has 0 spiro atoms. The standard InChI is InChI=1S/C19H26N2O5S/c1-13-10-14(2)12-21(11-13)27(25,26)16-6-4-15(5-7-16)17(22)20-19(18(23)24)8-3-9-19/h4-7,13-14H,3,8-12H2,1-2H3,(H,20,22)(H,23,24). The second-order valence-corrected chi connectivity index (χ2v) is 9.93. The number of piperidine rings is 1. The van der Waals surface area contributed by atoms with Gasteiger partial charge in [0.05, 0.1) is 4.90 Å². The smallest absolute Gasteiger partial charge is 0.329 e. The van der Waals surface area contributed by atoms with Gasteiger partial charge in [0.15, 0.2) is 0 Å². The Morgan fingerprint density at radius 2 is 1.67 bits per heavy atom. The van der Waals surface area contributed by atoms with E-state index >= 15 is 0 Å². The summed E-state index contributed by atoms with van der Waals surface area (Å²) >= 11 is 0. The summed E-state index contributed by atoms with van der Waals surface area (Å²) in [6.45, 7) is 5.08. The molecule has 1 aliphatic carbocycles. The summed E-state index contributed by atoms with van der Waals surface area (Å²) in [6.07, 6.45) is 2.59. The molecule has 0 aromatic heterocycles. The zero-order chi connectivity index (χ0) is 19.8. The van der Waals surface area contributed by atoms with Gasteiger partial charge in [0, 0.05) is 18.7 Å². The molecule has 2 aliphatic rings. The van der Waals surface area contributed by atoms with Crippen LogP contribution >= 0.6 is 0 Å². The summed E-state index contributed by atoms with van der Waals surface area (Å²) in [5, 5.41) is 11.9. The number of carbonyl (C=O) groups excluding carboxylic acids is 1. The van der Waals surface area contributed by atoms with Crippen LogP contribution in [0.3, 0.4) is 0 Å². The van der Waals surface area contributed by atoms with Gasteiger partial charge in [0.1, 0.15) is 5.54 Å². The third kappa shape index (κ3) is 3.87. The van der Waals surface area contributed by atoms with Crippen molar-refractivity contribution in [2.24, 2.45) is 11.8 Å². The molecule has 1 aliphatic heterocycles. The van der Waals surface area contributed by atoms with Gasteiger partial charge in [-0.3, -0.25) is 4.79 Å². The van der Waals surface area contributed by atoms with Crippen molar-refractivity contribution in [3.8, 4) is 0 Å². The Balaban J connectivity index is 1.74. The van der Waals surface area contributed by atoms with Crippen LogP contribution in [0.5, 0.6) is 0 Å². The van der Waals surface area contributed by atoms with Crippen molar-refractivity contribution < 1.29 is 23.1 Å². The average molecular weight is 394 g/mol. The highest BCUT2D eigenvalue weighted by molar-refractivity contribution is 7.89. The van der Waals surface area contributed by atoms with Crippen molar-refractivity contribution in [1.29, 1.82) is 0 Å². The van der Waals surface area contributed by atoms with Crippen molar-refractivity contribution in [2.75, 3.05) is 13.1 Å². The maximum absolute atomic E-state index is 12.9. The molecule has 2 atom stereocenters. The van der Waals surface area contributed by atoms with Crippen LogP contribution < -0.4 is 5.32 Å². The number of benzene rings is 1. The molecule has 3 rings (SSSR count). The highest BCUT2D eigenvalue weighted by Crippen LogP contribution is 2.32. The maximum atomic E-state index is 12.9. The van der Waals surface area contributed by atoms with Crippen LogP contribution in [0, 0.1) is 11.8 Å². The highest BCUT2D eigenvalue weighted by atomic mass is 32.2. The lowest BCUT2D eigenvalue weighted by molar-refractivity contribution is -0.148. The third-order valence-corrected chi connectivity index (χ3v) is 7.40. The molecule has 8 heteroatoms. The average Bonchev–Trinajstić information content (AvgIpc) is 2.56. The van der Waals surface area contributed by atoms with Crippen molar-refractivity contribution in [1.82, 2.24) is 9.62 Å². The minimum Gasteiger partial charge on any atom is -0.480 e. The predicted molar refractivity (Wildman–Crippen MR) is 99.8 cm³/mol. The van der Waals surface area contributed by atoms with Gasteiger partial charge in [0.25, 0.3) is 5.91 Å². The van der Waals surface area contributed by atoms with E-state index in [2.05, 4.69) is 5.32 Å². The zero-order valence-electron chi connectivity index (χ0n) is 15.6. The van der Waals surface area contributed by atoms with Gasteiger partial charge >= 0.3 is 5.97 Å². The fraction of sp³-hybridized carbons (Fsp3) is 0.579. The second-order valence-electron chi connectivity index (χ2n) is 7.99. The maximum Gasteiger partial charge on any atom is 0.329 e. The summed E-state index contributed by atoms with van der Waals surface area (Å²) in [5.74, 6) is -0.914. The molecular weight excluding hydrogens is 368 g/mol. The fourth-order valence-electron chi connectivity index (χ4n) is 3.94. The van der Waals surface area contributed by atoms with E-state index in [1.54, 1.807) is 0 Å². The first-order valence-electron chi connectivity index (χ1n) is 9.30. The topological polar surface area (TPSA) is 104 Å². The Morgan fingerprint density at radius 1 is 1.11 bits per heavy atom. The molecule has 1 saturated heterocycles. The van der Waals surface area contributed by atoms with Gasteiger partial charge in [0.2, 0.25) is 10.0 Å². The number of nitrogens with zero attached hydrogens (tertiary/aromatic N) is 1. The van der Waals surface area contributed by atoms with Crippen LogP contribution in [-0.2, 0) is 14.8 Å². The van der Waals surface area contributed by atoms with Gasteiger partial charge in [-0.2, -0.15) is 4.31 Å². The number of hydrogen-bond acceptors (Lipinski definition) is 4. The highest BCUT2D eigenvalue weighted by Gasteiger charge is 2.45. The number of amides is 1. The summed E-state index contributed by atoms with van der Waals surface area (Å²) in [4.78, 5) is 23.9. The first-order chi connectivity index (χ1) is 12.6. The fourth-order valence-corrected chi connectivity index (χ4v) is 5.62. The normalized spacial score (nSPS) is 25.4. The summed E-state index contributed by atoms with van der Waals surface area (Å²) < 4.78 is 27.3. The Morgan fingerprint density at radius 3 is 2.11 bits per heavy atom. The van der Waals surface area contributed by atoms with Gasteiger partial charge in [-0.25, -0.2) is 13.2 Å². The van der Waals surface area contributed by atoms with Crippen LogP contribution in [0.4, 0.5) is 0 Å². The number of nitrogens with one attached hydrogen (secondary N) is 1. The second kappa shape index (κ2) is 7.24. The van der Waals surface area contributed by atoms with Gasteiger partial charge in [-0.15, -0.1) is 0 Å². The van der Waals surface area contributed by atoms with Crippen LogP contribution in [-0.4, -0.2) is 48.3 Å². The van der Waals surface area contributed by atoms with Gasteiger partial charge in [-0.05, 0) is 61.8 Å². The number of carbonyl (C=O) groups is 2. The number of hydrogen-bond donors (Lipinski definition) is 2. The Labute approximate surface area is 159 Å². The number of rotatable bonds is 5. The SMILES string of the molecule is CC1CC(C)CN(S(=O)(=O)c2ccc(C(=O)NC3(C(=O)O)CCC3)cc2)C1. The molecule has 2 N–H and O–H groups in total. The lowest BCUT2D eigenvalue weighted by Crippen LogP contribution is -2.59. The number of aliphatic carboxylic acids is 1. The van der Waals surface area contributed by atoms with E-state index in [0.717, 1.165) is 12.8 Å². The Kier molecular flexibility index (Phi) is 5.31. The molecule has 1 aromatic carbocycles. The molecule has 1 aromatic rings. The first kappa shape index (κ1) is 19.8. The molecule has 1 amide bonds. The molecule has 1 saturated carbocycles. The van der Waals surface area contributed by atoms with Crippen LogP contribution in [0.2, 0.25) is 0 Å². The summed E-state index contributed by atoms with van der Waals surface area (Å²) in [6, 6.07) is 5.71. The summed E-state index contributed by atoms with van der Waals surface area (Å²) in [7, 11) is -3.60. The van der Waals surface area contributed by atoms with E-state index in [0.29, 0.717) is 37.8 Å². The minimum absolute atomic E-state index is 0.150.